The van der Waals surface area contributed by atoms with Gasteiger partial charge in [0.2, 0.25) is 0 Å². The minimum absolute atomic E-state index is 0.0195. The van der Waals surface area contributed by atoms with E-state index in [1.165, 1.54) is 11.3 Å². The van der Waals surface area contributed by atoms with E-state index < -0.39 is 11.4 Å². The van der Waals surface area contributed by atoms with Gasteiger partial charge in [-0.15, -0.1) is 11.3 Å². The molecule has 24 heavy (non-hydrogen) atoms. The molecule has 0 radical (unpaired) electrons. The van der Waals surface area contributed by atoms with Crippen molar-refractivity contribution in [3.8, 4) is 0 Å². The monoisotopic (exact) mass is 346 g/mol. The Morgan fingerprint density at radius 3 is 2.54 bits per heavy atom. The van der Waals surface area contributed by atoms with Crippen molar-refractivity contribution >= 4 is 23.2 Å². The number of rotatable bonds is 7. The standard InChI is InChI=1S/C18H22N2O3S/c1-4-8-14-20-12(2)15(24-14)16(21)19-11-18(3,17(22)23)13-9-6-5-7-10-13/h5-7,9-10H,4,8,11H2,1-3H3,(H,19,21)(H,22,23). The van der Waals surface area contributed by atoms with Crippen LogP contribution in [0, 0.1) is 6.92 Å². The van der Waals surface area contributed by atoms with Gasteiger partial charge >= 0.3 is 5.97 Å². The highest BCUT2D eigenvalue weighted by Gasteiger charge is 2.35. The van der Waals surface area contributed by atoms with Gasteiger partial charge in [0.1, 0.15) is 10.3 Å². The summed E-state index contributed by atoms with van der Waals surface area (Å²) < 4.78 is 0. The largest absolute Gasteiger partial charge is 0.481 e. The Morgan fingerprint density at radius 1 is 1.29 bits per heavy atom. The summed E-state index contributed by atoms with van der Waals surface area (Å²) >= 11 is 1.38. The third kappa shape index (κ3) is 3.82. The van der Waals surface area contributed by atoms with Crippen LogP contribution in [0.3, 0.4) is 0 Å². The fourth-order valence-corrected chi connectivity index (χ4v) is 3.51. The van der Waals surface area contributed by atoms with Crippen molar-refractivity contribution in [1.29, 1.82) is 0 Å². The molecule has 1 amide bonds. The number of hydrogen-bond donors (Lipinski definition) is 2. The van der Waals surface area contributed by atoms with Gasteiger partial charge in [-0.2, -0.15) is 0 Å². The molecule has 6 heteroatoms. The minimum Gasteiger partial charge on any atom is -0.481 e. The van der Waals surface area contributed by atoms with Gasteiger partial charge in [-0.3, -0.25) is 9.59 Å². The number of benzene rings is 1. The van der Waals surface area contributed by atoms with Crippen molar-refractivity contribution in [2.24, 2.45) is 0 Å². The quantitative estimate of drug-likeness (QED) is 0.807. The summed E-state index contributed by atoms with van der Waals surface area (Å²) in [7, 11) is 0. The number of carbonyl (C=O) groups excluding carboxylic acids is 1. The molecule has 0 aliphatic rings. The van der Waals surface area contributed by atoms with Gasteiger partial charge in [-0.25, -0.2) is 4.98 Å². The summed E-state index contributed by atoms with van der Waals surface area (Å²) in [6.07, 6.45) is 1.81. The molecule has 128 valence electrons. The number of aryl methyl sites for hydroxylation is 2. The first-order valence-electron chi connectivity index (χ1n) is 7.92. The summed E-state index contributed by atoms with van der Waals surface area (Å²) in [6, 6.07) is 8.95. The van der Waals surface area contributed by atoms with Crippen LogP contribution in [0.1, 0.15) is 46.2 Å². The molecule has 1 aromatic heterocycles. The van der Waals surface area contributed by atoms with Crippen LogP contribution in [0.2, 0.25) is 0 Å². The van der Waals surface area contributed by atoms with Gasteiger partial charge in [0.05, 0.1) is 10.7 Å². The van der Waals surface area contributed by atoms with E-state index in [9.17, 15) is 14.7 Å². The number of carbonyl (C=O) groups is 2. The van der Waals surface area contributed by atoms with Gasteiger partial charge in [-0.1, -0.05) is 37.3 Å². The molecule has 0 aliphatic carbocycles. The van der Waals surface area contributed by atoms with E-state index >= 15 is 0 Å². The molecule has 0 saturated heterocycles. The van der Waals surface area contributed by atoms with E-state index in [4.69, 9.17) is 0 Å². The van der Waals surface area contributed by atoms with Crippen molar-refractivity contribution in [2.75, 3.05) is 6.54 Å². The number of aliphatic carboxylic acids is 1. The maximum absolute atomic E-state index is 12.5. The summed E-state index contributed by atoms with van der Waals surface area (Å²) in [5.74, 6) is -1.24. The second kappa shape index (κ2) is 7.57. The molecule has 0 saturated carbocycles. The number of carboxylic acid groups (broad SMARTS) is 1. The smallest absolute Gasteiger partial charge is 0.315 e. The van der Waals surface area contributed by atoms with Crippen LogP contribution >= 0.6 is 11.3 Å². The maximum atomic E-state index is 12.5. The summed E-state index contributed by atoms with van der Waals surface area (Å²) in [5, 5.41) is 13.3. The van der Waals surface area contributed by atoms with Crippen LogP contribution in [0.15, 0.2) is 30.3 Å². The molecule has 1 atom stereocenters. The zero-order valence-electron chi connectivity index (χ0n) is 14.1. The Hall–Kier alpha value is -2.21. The van der Waals surface area contributed by atoms with E-state index in [2.05, 4.69) is 17.2 Å². The highest BCUT2D eigenvalue weighted by atomic mass is 32.1. The Balaban J connectivity index is 2.15. The fourth-order valence-electron chi connectivity index (χ4n) is 2.43. The predicted molar refractivity (Wildman–Crippen MR) is 94.6 cm³/mol. The second-order valence-corrected chi connectivity index (χ2v) is 7.04. The molecule has 2 N–H and O–H groups in total. The number of aromatic nitrogens is 1. The Kier molecular flexibility index (Phi) is 5.72. The number of carboxylic acids is 1. The Morgan fingerprint density at radius 2 is 1.96 bits per heavy atom. The van der Waals surface area contributed by atoms with E-state index in [-0.39, 0.29) is 12.5 Å². The first kappa shape index (κ1) is 18.1. The first-order chi connectivity index (χ1) is 11.4. The van der Waals surface area contributed by atoms with Crippen LogP contribution in [0.5, 0.6) is 0 Å². The summed E-state index contributed by atoms with van der Waals surface area (Å²) in [4.78, 5) is 29.2. The SMILES string of the molecule is CCCc1nc(C)c(C(=O)NCC(C)(C(=O)O)c2ccccc2)s1. The zero-order chi connectivity index (χ0) is 17.7. The maximum Gasteiger partial charge on any atom is 0.315 e. The van der Waals surface area contributed by atoms with Gasteiger partial charge < -0.3 is 10.4 Å². The number of thiazole rings is 1. The number of nitrogens with one attached hydrogen (secondary N) is 1. The van der Waals surface area contributed by atoms with E-state index in [1.807, 2.05) is 6.07 Å². The lowest BCUT2D eigenvalue weighted by molar-refractivity contribution is -0.142. The van der Waals surface area contributed by atoms with E-state index in [0.29, 0.717) is 16.1 Å². The predicted octanol–water partition coefficient (Wildman–Crippen LogP) is 3.18. The second-order valence-electron chi connectivity index (χ2n) is 5.96. The summed E-state index contributed by atoms with van der Waals surface area (Å²) in [5.41, 5.74) is 0.171. The van der Waals surface area contributed by atoms with Crippen LogP contribution in [0.25, 0.3) is 0 Å². The molecule has 2 rings (SSSR count). The lowest BCUT2D eigenvalue weighted by Gasteiger charge is -2.25. The highest BCUT2D eigenvalue weighted by Crippen LogP contribution is 2.24. The van der Waals surface area contributed by atoms with Gasteiger partial charge in [0.25, 0.3) is 5.91 Å². The van der Waals surface area contributed by atoms with Crippen LogP contribution in [-0.4, -0.2) is 28.5 Å². The van der Waals surface area contributed by atoms with Crippen LogP contribution in [-0.2, 0) is 16.6 Å². The number of amides is 1. The normalized spacial score (nSPS) is 13.3. The molecule has 0 aliphatic heterocycles. The van der Waals surface area contributed by atoms with Crippen LogP contribution < -0.4 is 5.32 Å². The Labute approximate surface area is 145 Å². The van der Waals surface area contributed by atoms with Crippen molar-refractivity contribution in [2.45, 2.75) is 39.0 Å². The lowest BCUT2D eigenvalue weighted by atomic mass is 9.82. The van der Waals surface area contributed by atoms with Crippen molar-refractivity contribution in [3.63, 3.8) is 0 Å². The third-order valence-corrected chi connectivity index (χ3v) is 5.21. The van der Waals surface area contributed by atoms with Gasteiger partial charge in [0, 0.05) is 6.54 Å². The van der Waals surface area contributed by atoms with E-state index in [0.717, 1.165) is 17.8 Å². The zero-order valence-corrected chi connectivity index (χ0v) is 14.9. The molecule has 1 aromatic carbocycles. The molecule has 5 nitrogen and oxygen atoms in total. The molecular formula is C18H22N2O3S. The Bertz CT molecular complexity index is 727. The van der Waals surface area contributed by atoms with Crippen LogP contribution in [0.4, 0.5) is 0 Å². The lowest BCUT2D eigenvalue weighted by Crippen LogP contribution is -2.44. The molecule has 0 fully saturated rings. The molecule has 1 unspecified atom stereocenters. The molecule has 0 bridgehead atoms. The number of nitrogens with zero attached hydrogens (tertiary/aromatic N) is 1. The first-order valence-corrected chi connectivity index (χ1v) is 8.73. The van der Waals surface area contributed by atoms with Crippen molar-refractivity contribution < 1.29 is 14.7 Å². The molecule has 0 spiro atoms. The van der Waals surface area contributed by atoms with Crippen molar-refractivity contribution in [3.05, 3.63) is 51.5 Å². The molecule has 1 heterocycles. The van der Waals surface area contributed by atoms with E-state index in [1.54, 1.807) is 38.1 Å². The average Bonchev–Trinajstić information content (AvgIpc) is 2.94. The number of hydrogen-bond acceptors (Lipinski definition) is 4. The average molecular weight is 346 g/mol. The third-order valence-electron chi connectivity index (χ3n) is 4.00. The molecular weight excluding hydrogens is 324 g/mol. The molecule has 2 aromatic rings. The van der Waals surface area contributed by atoms with Crippen molar-refractivity contribution in [1.82, 2.24) is 10.3 Å². The van der Waals surface area contributed by atoms with Gasteiger partial charge in [-0.05, 0) is 32.3 Å². The highest BCUT2D eigenvalue weighted by molar-refractivity contribution is 7.13. The summed E-state index contributed by atoms with van der Waals surface area (Å²) in [6.45, 7) is 5.51. The fraction of sp³-hybridized carbons (Fsp3) is 0.389. The minimum atomic E-state index is -1.18. The van der Waals surface area contributed by atoms with Gasteiger partial charge in [0.15, 0.2) is 0 Å². The topological polar surface area (TPSA) is 79.3 Å².